The highest BCUT2D eigenvalue weighted by Crippen LogP contribution is 2.36. The summed E-state index contributed by atoms with van der Waals surface area (Å²) in [4.78, 5) is 24.4. The summed E-state index contributed by atoms with van der Waals surface area (Å²) in [5.41, 5.74) is 0. The summed E-state index contributed by atoms with van der Waals surface area (Å²) < 4.78 is 0. The molecule has 1 saturated carbocycles. The molecule has 0 aromatic carbocycles. The molecule has 3 N–H and O–H groups in total. The number of aliphatic hydroxyl groups excluding tert-OH is 1. The molecule has 2 amide bonds. The average molecular weight is 270 g/mol. The molecule has 3 unspecified atom stereocenters. The van der Waals surface area contributed by atoms with Crippen molar-refractivity contribution in [2.75, 3.05) is 13.1 Å². The molecule has 2 fully saturated rings. The third-order valence-corrected chi connectivity index (χ3v) is 4.23. The van der Waals surface area contributed by atoms with Gasteiger partial charge in [-0.15, -0.1) is 0 Å². The molecule has 1 saturated heterocycles. The Bertz CT molecular complexity index is 348. The van der Waals surface area contributed by atoms with E-state index in [1.165, 1.54) is 19.3 Å². The first-order valence-corrected chi connectivity index (χ1v) is 7.05. The third kappa shape index (κ3) is 3.37. The van der Waals surface area contributed by atoms with Gasteiger partial charge in [0.15, 0.2) is 6.10 Å². The lowest BCUT2D eigenvalue weighted by Crippen LogP contribution is -2.50. The highest BCUT2D eigenvalue weighted by molar-refractivity contribution is 5.75. The number of rotatable bonds is 4. The van der Waals surface area contributed by atoms with Crippen molar-refractivity contribution in [1.29, 1.82) is 0 Å². The fourth-order valence-electron chi connectivity index (χ4n) is 3.25. The molecule has 0 bridgehead atoms. The van der Waals surface area contributed by atoms with E-state index in [1.807, 2.05) is 4.90 Å². The van der Waals surface area contributed by atoms with Crippen LogP contribution in [0.2, 0.25) is 0 Å². The summed E-state index contributed by atoms with van der Waals surface area (Å²) in [7, 11) is 0. The Hall–Kier alpha value is -1.30. The quantitative estimate of drug-likeness (QED) is 0.704. The Morgan fingerprint density at radius 1 is 1.26 bits per heavy atom. The van der Waals surface area contributed by atoms with E-state index in [4.69, 9.17) is 10.2 Å². The van der Waals surface area contributed by atoms with Crippen LogP contribution >= 0.6 is 0 Å². The molecule has 6 nitrogen and oxygen atoms in total. The van der Waals surface area contributed by atoms with Crippen LogP contribution in [-0.4, -0.2) is 52.3 Å². The second-order valence-electron chi connectivity index (χ2n) is 5.47. The van der Waals surface area contributed by atoms with Crippen molar-refractivity contribution in [2.45, 2.75) is 50.7 Å². The number of aliphatic hydroxyl groups is 1. The summed E-state index contributed by atoms with van der Waals surface area (Å²) in [5.74, 6) is -0.604. The van der Waals surface area contributed by atoms with Gasteiger partial charge in [0.1, 0.15) is 0 Å². The zero-order valence-corrected chi connectivity index (χ0v) is 11.0. The fourth-order valence-corrected chi connectivity index (χ4v) is 3.25. The van der Waals surface area contributed by atoms with Crippen molar-refractivity contribution in [2.24, 2.45) is 5.92 Å². The van der Waals surface area contributed by atoms with Gasteiger partial charge in [-0.05, 0) is 31.6 Å². The number of fused-ring (bicyclic) bond motifs is 1. The minimum absolute atomic E-state index is 0.0447. The Labute approximate surface area is 112 Å². The molecule has 6 heteroatoms. The van der Waals surface area contributed by atoms with Crippen molar-refractivity contribution in [3.63, 3.8) is 0 Å². The van der Waals surface area contributed by atoms with Crippen molar-refractivity contribution in [3.8, 4) is 0 Å². The lowest BCUT2D eigenvalue weighted by molar-refractivity contribution is -0.146. The zero-order chi connectivity index (χ0) is 13.8. The van der Waals surface area contributed by atoms with Crippen LogP contribution in [-0.2, 0) is 4.79 Å². The van der Waals surface area contributed by atoms with Gasteiger partial charge in [0.2, 0.25) is 0 Å². The van der Waals surface area contributed by atoms with Gasteiger partial charge in [-0.2, -0.15) is 0 Å². The minimum atomic E-state index is -1.40. The van der Waals surface area contributed by atoms with E-state index in [0.29, 0.717) is 12.0 Å². The number of carbonyl (C=O) groups is 2. The molecule has 108 valence electrons. The molecule has 0 spiro atoms. The van der Waals surface area contributed by atoms with E-state index < -0.39 is 12.1 Å². The van der Waals surface area contributed by atoms with Crippen molar-refractivity contribution in [1.82, 2.24) is 10.2 Å². The number of amides is 2. The number of urea groups is 1. The Morgan fingerprint density at radius 3 is 2.74 bits per heavy atom. The predicted octanol–water partition coefficient (Wildman–Crippen LogP) is 0.796. The number of carboxylic acid groups (broad SMARTS) is 1. The lowest BCUT2D eigenvalue weighted by Gasteiger charge is -2.37. The SMILES string of the molecule is O=C(O)C(O)CCNC(=O)N1CCCC2CCCC21. The van der Waals surface area contributed by atoms with Gasteiger partial charge in [-0.3, -0.25) is 0 Å². The molecule has 1 aliphatic carbocycles. The number of nitrogens with zero attached hydrogens (tertiary/aromatic N) is 1. The number of likely N-dealkylation sites (tertiary alicyclic amines) is 1. The number of carbonyl (C=O) groups excluding carboxylic acids is 1. The summed E-state index contributed by atoms with van der Waals surface area (Å²) in [6.45, 7) is 0.981. The van der Waals surface area contributed by atoms with E-state index in [1.54, 1.807) is 0 Å². The van der Waals surface area contributed by atoms with Gasteiger partial charge in [0.05, 0.1) is 0 Å². The van der Waals surface area contributed by atoms with Gasteiger partial charge >= 0.3 is 12.0 Å². The predicted molar refractivity (Wildman–Crippen MR) is 68.7 cm³/mol. The molecule has 1 heterocycles. The van der Waals surface area contributed by atoms with Crippen LogP contribution in [0.5, 0.6) is 0 Å². The molecule has 19 heavy (non-hydrogen) atoms. The first-order chi connectivity index (χ1) is 9.09. The average Bonchev–Trinajstić information content (AvgIpc) is 2.86. The molecular formula is C13H22N2O4. The smallest absolute Gasteiger partial charge is 0.332 e. The van der Waals surface area contributed by atoms with Crippen LogP contribution in [0.3, 0.4) is 0 Å². The highest BCUT2D eigenvalue weighted by atomic mass is 16.4. The standard InChI is InChI=1S/C13H22N2O4/c16-11(12(17)18)6-7-14-13(19)15-8-2-4-9-3-1-5-10(9)15/h9-11,16H,1-8H2,(H,14,19)(H,17,18). The van der Waals surface area contributed by atoms with Crippen LogP contribution in [0.1, 0.15) is 38.5 Å². The second-order valence-corrected chi connectivity index (χ2v) is 5.47. The maximum absolute atomic E-state index is 12.1. The van der Waals surface area contributed by atoms with Crippen LogP contribution in [0.25, 0.3) is 0 Å². The van der Waals surface area contributed by atoms with Gasteiger partial charge in [-0.1, -0.05) is 6.42 Å². The molecule has 3 atom stereocenters. The molecule has 1 aliphatic heterocycles. The Balaban J connectivity index is 1.77. The molecular weight excluding hydrogens is 248 g/mol. The van der Waals surface area contributed by atoms with Crippen LogP contribution in [0.4, 0.5) is 4.79 Å². The van der Waals surface area contributed by atoms with Gasteiger partial charge in [0.25, 0.3) is 0 Å². The largest absolute Gasteiger partial charge is 0.479 e. The van der Waals surface area contributed by atoms with Crippen molar-refractivity contribution < 1.29 is 19.8 Å². The molecule has 2 aliphatic rings. The Morgan fingerprint density at radius 2 is 2.00 bits per heavy atom. The summed E-state index contributed by atoms with van der Waals surface area (Å²) in [6, 6.07) is 0.243. The van der Waals surface area contributed by atoms with Crippen molar-refractivity contribution in [3.05, 3.63) is 0 Å². The molecule has 0 aromatic heterocycles. The monoisotopic (exact) mass is 270 g/mol. The summed E-state index contributed by atoms with van der Waals surface area (Å²) in [5, 5.41) is 20.4. The normalized spacial score (nSPS) is 27.7. The highest BCUT2D eigenvalue weighted by Gasteiger charge is 2.37. The number of nitrogens with one attached hydrogen (secondary N) is 1. The number of piperidine rings is 1. The first-order valence-electron chi connectivity index (χ1n) is 7.05. The van der Waals surface area contributed by atoms with Crippen LogP contribution in [0.15, 0.2) is 0 Å². The molecule has 0 aromatic rings. The van der Waals surface area contributed by atoms with E-state index in [9.17, 15) is 9.59 Å². The van der Waals surface area contributed by atoms with E-state index in [0.717, 1.165) is 19.4 Å². The fraction of sp³-hybridized carbons (Fsp3) is 0.846. The second kappa shape index (κ2) is 6.23. The maximum atomic E-state index is 12.1. The van der Waals surface area contributed by atoms with E-state index >= 15 is 0 Å². The first kappa shape index (κ1) is 14.1. The van der Waals surface area contributed by atoms with E-state index in [2.05, 4.69) is 5.32 Å². The van der Waals surface area contributed by atoms with E-state index in [-0.39, 0.29) is 19.0 Å². The summed E-state index contributed by atoms with van der Waals surface area (Å²) in [6.07, 6.45) is 4.39. The van der Waals surface area contributed by atoms with Crippen LogP contribution in [0, 0.1) is 5.92 Å². The lowest BCUT2D eigenvalue weighted by atomic mass is 9.92. The number of hydrogen-bond donors (Lipinski definition) is 3. The number of carboxylic acids is 1. The zero-order valence-electron chi connectivity index (χ0n) is 11.0. The number of aliphatic carboxylic acids is 1. The van der Waals surface area contributed by atoms with Crippen LogP contribution < -0.4 is 5.32 Å². The Kier molecular flexibility index (Phi) is 4.63. The minimum Gasteiger partial charge on any atom is -0.479 e. The topological polar surface area (TPSA) is 89.9 Å². The van der Waals surface area contributed by atoms with Crippen molar-refractivity contribution >= 4 is 12.0 Å². The molecule has 0 radical (unpaired) electrons. The summed E-state index contributed by atoms with van der Waals surface area (Å²) >= 11 is 0. The van der Waals surface area contributed by atoms with Gasteiger partial charge < -0.3 is 20.4 Å². The number of hydrogen-bond acceptors (Lipinski definition) is 3. The van der Waals surface area contributed by atoms with Gasteiger partial charge in [-0.25, -0.2) is 9.59 Å². The van der Waals surface area contributed by atoms with Gasteiger partial charge in [0, 0.05) is 25.6 Å². The molecule has 2 rings (SSSR count). The maximum Gasteiger partial charge on any atom is 0.332 e. The third-order valence-electron chi connectivity index (χ3n) is 4.23.